The van der Waals surface area contributed by atoms with Crippen molar-refractivity contribution in [3.8, 4) is 0 Å². The van der Waals surface area contributed by atoms with E-state index in [0.29, 0.717) is 26.9 Å². The number of benzene rings is 9. The molecule has 0 aliphatic rings. The molecule has 208 valence electrons. The third-order valence-electron chi connectivity index (χ3n) is 9.31. The molecule has 0 bridgehead atoms. The summed E-state index contributed by atoms with van der Waals surface area (Å²) in [5, 5.41) is 70.0. The number of carbonyl (C=O) groups is 2. The molecule has 9 aromatic rings. The van der Waals surface area contributed by atoms with Gasteiger partial charge in [0.2, 0.25) is 11.8 Å². The molecule has 0 aromatic heterocycles. The van der Waals surface area contributed by atoms with Gasteiger partial charge < -0.3 is 20.4 Å². The molecular formula is C36H18N2O6. The van der Waals surface area contributed by atoms with E-state index in [1.807, 2.05) is 60.7 Å². The molecule has 0 fully saturated rings. The van der Waals surface area contributed by atoms with Crippen LogP contribution in [0.2, 0.25) is 0 Å². The topological polar surface area (TPSA) is 163 Å². The fourth-order valence-corrected chi connectivity index (χ4v) is 7.95. The molecule has 8 heteroatoms. The van der Waals surface area contributed by atoms with Gasteiger partial charge in [-0.15, -0.1) is 0 Å². The lowest BCUT2D eigenvalue weighted by Gasteiger charge is -2.27. The second-order valence-electron chi connectivity index (χ2n) is 11.2. The van der Waals surface area contributed by atoms with Gasteiger partial charge in [0.1, 0.15) is 0 Å². The highest BCUT2D eigenvalue weighted by Gasteiger charge is 2.35. The zero-order valence-electron chi connectivity index (χ0n) is 22.5. The first-order valence-electron chi connectivity index (χ1n) is 13.8. The molecule has 44 heavy (non-hydrogen) atoms. The molecule has 0 unspecified atom stereocenters. The summed E-state index contributed by atoms with van der Waals surface area (Å²) >= 11 is 0. The molecule has 8 nitrogen and oxygen atoms in total. The Morgan fingerprint density at radius 2 is 0.818 bits per heavy atom. The zero-order chi connectivity index (χ0) is 30.3. The van der Waals surface area contributed by atoms with Crippen molar-refractivity contribution in [3.63, 3.8) is 0 Å². The van der Waals surface area contributed by atoms with Crippen molar-refractivity contribution in [2.45, 2.75) is 0 Å². The van der Waals surface area contributed by atoms with Crippen LogP contribution in [0, 0.1) is 10.8 Å². The highest BCUT2D eigenvalue weighted by Crippen LogP contribution is 2.55. The highest BCUT2D eigenvalue weighted by molar-refractivity contribution is 6.54. The van der Waals surface area contributed by atoms with Gasteiger partial charge in [-0.1, -0.05) is 72.8 Å². The van der Waals surface area contributed by atoms with Crippen LogP contribution in [0.25, 0.3) is 86.2 Å². The third-order valence-corrected chi connectivity index (χ3v) is 9.31. The molecule has 0 saturated carbocycles. The number of hydrogen-bond donors (Lipinski definition) is 6. The number of aromatic carboxylic acids is 2. The number of hydrogen-bond acceptors (Lipinski definition) is 4. The minimum atomic E-state index is -1.57. The Hall–Kier alpha value is -6.28. The molecule has 0 aliphatic heterocycles. The van der Waals surface area contributed by atoms with Crippen LogP contribution in [0.5, 0.6) is 0 Å². The number of aliphatic hydroxyl groups is 2. The Labute approximate surface area is 245 Å². The van der Waals surface area contributed by atoms with Gasteiger partial charge in [-0.3, -0.25) is 10.8 Å². The van der Waals surface area contributed by atoms with E-state index in [2.05, 4.69) is 0 Å². The van der Waals surface area contributed by atoms with Gasteiger partial charge in [0.05, 0.1) is 22.3 Å². The first-order valence-corrected chi connectivity index (χ1v) is 13.8. The van der Waals surface area contributed by atoms with Crippen molar-refractivity contribution in [2.24, 2.45) is 0 Å². The highest BCUT2D eigenvalue weighted by atomic mass is 16.4. The van der Waals surface area contributed by atoms with Gasteiger partial charge in [-0.25, -0.2) is 9.59 Å². The van der Waals surface area contributed by atoms with E-state index in [-0.39, 0.29) is 16.3 Å². The fourth-order valence-electron chi connectivity index (χ4n) is 7.95. The lowest BCUT2D eigenvalue weighted by molar-refractivity contribution is 0.0655. The summed E-state index contributed by atoms with van der Waals surface area (Å²) in [6.07, 6.45) is 0. The summed E-state index contributed by atoms with van der Waals surface area (Å²) in [7, 11) is 0. The fraction of sp³-hybridized carbons (Fsp3) is 0. The molecule has 6 N–H and O–H groups in total. The predicted molar refractivity (Wildman–Crippen MR) is 173 cm³/mol. The van der Waals surface area contributed by atoms with E-state index in [1.165, 1.54) is 0 Å². The largest absolute Gasteiger partial charge is 0.493 e. The Kier molecular flexibility index (Phi) is 4.29. The van der Waals surface area contributed by atoms with Crippen molar-refractivity contribution in [1.82, 2.24) is 0 Å². The normalized spacial score (nSPS) is 12.4. The average molecular weight is 575 g/mol. The Bertz CT molecular complexity index is 2830. The van der Waals surface area contributed by atoms with Crippen LogP contribution in [0.4, 0.5) is 0 Å². The zero-order valence-corrected chi connectivity index (χ0v) is 22.5. The van der Waals surface area contributed by atoms with Crippen molar-refractivity contribution in [1.29, 1.82) is 10.8 Å². The molecule has 9 rings (SSSR count). The van der Waals surface area contributed by atoms with Gasteiger partial charge >= 0.3 is 11.9 Å². The number of nitrogens with one attached hydrogen (secondary N) is 2. The monoisotopic (exact) mass is 574 g/mol. The molecule has 9 aromatic carbocycles. The van der Waals surface area contributed by atoms with E-state index in [9.17, 15) is 30.0 Å². The minimum Gasteiger partial charge on any atom is -0.493 e. The number of carboxylic acids is 2. The predicted octanol–water partition coefficient (Wildman–Crippen LogP) is 8.39. The first-order chi connectivity index (χ1) is 21.2. The van der Waals surface area contributed by atoms with Gasteiger partial charge in [0, 0.05) is 21.5 Å². The SMILES string of the molecule is N=C(O)c1c(C(=N)O)c2c3ccccc3c3c4ccccc4c4ccc5ccc6c(C(=O)O)c(C(=O)O)c1c1c6c5c4c3c21. The number of carboxylic acid groups (broad SMARTS) is 2. The molecule has 0 saturated heterocycles. The van der Waals surface area contributed by atoms with E-state index < -0.39 is 40.4 Å². The summed E-state index contributed by atoms with van der Waals surface area (Å²) < 4.78 is 0. The second-order valence-corrected chi connectivity index (χ2v) is 11.2. The van der Waals surface area contributed by atoms with E-state index in [1.54, 1.807) is 12.1 Å². The van der Waals surface area contributed by atoms with Crippen LogP contribution in [0.3, 0.4) is 0 Å². The van der Waals surface area contributed by atoms with Crippen molar-refractivity contribution in [2.75, 3.05) is 0 Å². The van der Waals surface area contributed by atoms with Gasteiger partial charge in [0.25, 0.3) is 0 Å². The molecule has 0 radical (unpaired) electrons. The van der Waals surface area contributed by atoms with Crippen LogP contribution >= 0.6 is 0 Å². The molecule has 0 aliphatic carbocycles. The van der Waals surface area contributed by atoms with Crippen molar-refractivity contribution < 1.29 is 30.0 Å². The molecular weight excluding hydrogens is 556 g/mol. The summed E-state index contributed by atoms with van der Waals surface area (Å²) in [5.74, 6) is -5.12. The van der Waals surface area contributed by atoms with Crippen LogP contribution in [-0.4, -0.2) is 44.2 Å². The van der Waals surface area contributed by atoms with Gasteiger partial charge in [-0.2, -0.15) is 0 Å². The number of aliphatic hydroxyl groups excluding tert-OH is 2. The van der Waals surface area contributed by atoms with Crippen molar-refractivity contribution in [3.05, 3.63) is 95.1 Å². The van der Waals surface area contributed by atoms with Gasteiger partial charge in [-0.05, 0) is 64.6 Å². The molecule has 0 spiro atoms. The van der Waals surface area contributed by atoms with Crippen molar-refractivity contribution >= 4 is 110 Å². The maximum atomic E-state index is 13.0. The second kappa shape index (κ2) is 7.76. The van der Waals surface area contributed by atoms with E-state index >= 15 is 0 Å². The number of fused-ring (bicyclic) bond motifs is 6. The third kappa shape index (κ3) is 2.56. The maximum Gasteiger partial charge on any atom is 0.337 e. The standard InChI is InChI=1S/C36H18N2O6/c37-33(39)30-23-17-8-4-3-7-16(17)21-15-6-2-1-5-14(15)18-11-9-13-10-12-19-24-20(13)22(18)26(21)27(23)28(24)29(31(30)34(38)40)32(36(43)44)25(19)35(41)42/h1-12H,(H2,37,39)(H2,38,40)(H,41,42)(H,43,44). The summed E-state index contributed by atoms with van der Waals surface area (Å²) in [5.41, 5.74) is -1.74. The Balaban J connectivity index is 1.87. The summed E-state index contributed by atoms with van der Waals surface area (Å²) in [6.45, 7) is 0. The molecule has 0 atom stereocenters. The van der Waals surface area contributed by atoms with Crippen LogP contribution in [0.15, 0.2) is 72.8 Å². The quantitative estimate of drug-likeness (QED) is 0.0535. The Morgan fingerprint density at radius 1 is 0.386 bits per heavy atom. The van der Waals surface area contributed by atoms with E-state index in [4.69, 9.17) is 10.8 Å². The summed E-state index contributed by atoms with van der Waals surface area (Å²) in [4.78, 5) is 25.9. The van der Waals surface area contributed by atoms with Crippen LogP contribution in [0.1, 0.15) is 31.8 Å². The lowest BCUT2D eigenvalue weighted by atomic mass is 9.75. The van der Waals surface area contributed by atoms with Crippen LogP contribution < -0.4 is 0 Å². The molecule has 0 amide bonds. The first kappa shape index (κ1) is 24.3. The Morgan fingerprint density at radius 3 is 1.41 bits per heavy atom. The minimum absolute atomic E-state index is 0.198. The van der Waals surface area contributed by atoms with Crippen LogP contribution in [-0.2, 0) is 0 Å². The summed E-state index contributed by atoms with van der Waals surface area (Å²) in [6, 6.07) is 22.9. The van der Waals surface area contributed by atoms with Gasteiger partial charge in [0.15, 0.2) is 0 Å². The average Bonchev–Trinajstić information content (AvgIpc) is 3.01. The molecule has 0 heterocycles. The smallest absolute Gasteiger partial charge is 0.337 e. The lowest BCUT2D eigenvalue weighted by Crippen LogP contribution is -2.17. The maximum absolute atomic E-state index is 13.0. The van der Waals surface area contributed by atoms with E-state index in [0.717, 1.165) is 48.5 Å². The number of rotatable bonds is 4.